The van der Waals surface area contributed by atoms with Crippen molar-refractivity contribution in [1.29, 1.82) is 0 Å². The lowest BCUT2D eigenvalue weighted by molar-refractivity contribution is 0.162. The molecule has 0 amide bonds. The Morgan fingerprint density at radius 1 is 1.08 bits per heavy atom. The van der Waals surface area contributed by atoms with E-state index < -0.39 is 0 Å². The molecule has 12 heavy (non-hydrogen) atoms. The monoisotopic (exact) mass is 167 g/mol. The molecule has 0 bridgehead atoms. The molecular formula is C11H21N. The number of fused-ring (bicyclic) bond motifs is 1. The fraction of sp³-hybridized carbons (Fsp3) is 1.00. The molecule has 1 saturated carbocycles. The smallest absolute Gasteiger partial charge is 0.0126 e. The number of hydrogen-bond donors (Lipinski definition) is 0. The molecule has 0 aromatic carbocycles. The molecule has 0 aromatic heterocycles. The van der Waals surface area contributed by atoms with Gasteiger partial charge in [0, 0.05) is 12.1 Å². The van der Waals surface area contributed by atoms with Gasteiger partial charge in [0.15, 0.2) is 0 Å². The molecule has 0 spiro atoms. The molecule has 2 aliphatic rings. The number of rotatable bonds is 0. The molecule has 70 valence electrons. The molecule has 1 heterocycles. The summed E-state index contributed by atoms with van der Waals surface area (Å²) in [6.45, 7) is 4.79. The Bertz CT molecular complexity index is 166. The van der Waals surface area contributed by atoms with Gasteiger partial charge in [0.1, 0.15) is 0 Å². The van der Waals surface area contributed by atoms with Crippen LogP contribution in [-0.4, -0.2) is 24.0 Å². The average molecular weight is 167 g/mol. The van der Waals surface area contributed by atoms with E-state index in [9.17, 15) is 0 Å². The molecule has 2 rings (SSSR count). The summed E-state index contributed by atoms with van der Waals surface area (Å²) in [6.07, 6.45) is 5.86. The molecule has 4 atom stereocenters. The SMILES string of the molecule is CC1CCC2CC(C)N(C)C2C1. The first-order valence-corrected chi connectivity index (χ1v) is 5.40. The molecule has 0 N–H and O–H groups in total. The highest BCUT2D eigenvalue weighted by atomic mass is 15.2. The summed E-state index contributed by atoms with van der Waals surface area (Å²) >= 11 is 0. The maximum Gasteiger partial charge on any atom is 0.0126 e. The average Bonchev–Trinajstić information content (AvgIpc) is 2.31. The second kappa shape index (κ2) is 3.02. The number of hydrogen-bond acceptors (Lipinski definition) is 1. The maximum absolute atomic E-state index is 2.61. The first-order valence-electron chi connectivity index (χ1n) is 5.40. The van der Waals surface area contributed by atoms with Gasteiger partial charge in [0.25, 0.3) is 0 Å². The van der Waals surface area contributed by atoms with Crippen molar-refractivity contribution in [2.75, 3.05) is 7.05 Å². The van der Waals surface area contributed by atoms with Crippen molar-refractivity contribution in [2.45, 2.75) is 51.6 Å². The van der Waals surface area contributed by atoms with Crippen LogP contribution < -0.4 is 0 Å². The highest BCUT2D eigenvalue weighted by molar-refractivity contribution is 4.93. The summed E-state index contributed by atoms with van der Waals surface area (Å²) in [5.41, 5.74) is 0. The maximum atomic E-state index is 2.61. The van der Waals surface area contributed by atoms with E-state index in [1.165, 1.54) is 25.7 Å². The Morgan fingerprint density at radius 3 is 2.58 bits per heavy atom. The van der Waals surface area contributed by atoms with Crippen molar-refractivity contribution >= 4 is 0 Å². The third-order valence-electron chi connectivity index (χ3n) is 4.08. The van der Waals surface area contributed by atoms with Gasteiger partial charge in [-0.2, -0.15) is 0 Å². The zero-order valence-electron chi connectivity index (χ0n) is 8.59. The fourth-order valence-corrected chi connectivity index (χ4v) is 3.12. The van der Waals surface area contributed by atoms with Gasteiger partial charge >= 0.3 is 0 Å². The summed E-state index contributed by atoms with van der Waals surface area (Å²) in [6, 6.07) is 1.76. The zero-order chi connectivity index (χ0) is 8.72. The lowest BCUT2D eigenvalue weighted by Gasteiger charge is -2.33. The van der Waals surface area contributed by atoms with Crippen molar-refractivity contribution < 1.29 is 0 Å². The van der Waals surface area contributed by atoms with Crippen molar-refractivity contribution in [1.82, 2.24) is 4.90 Å². The topological polar surface area (TPSA) is 3.24 Å². The van der Waals surface area contributed by atoms with Gasteiger partial charge in [-0.05, 0) is 45.1 Å². The van der Waals surface area contributed by atoms with Gasteiger partial charge in [-0.3, -0.25) is 0 Å². The Morgan fingerprint density at radius 2 is 1.83 bits per heavy atom. The molecule has 1 heteroatoms. The molecule has 4 unspecified atom stereocenters. The first kappa shape index (κ1) is 8.55. The lowest BCUT2D eigenvalue weighted by Crippen LogP contribution is -2.36. The summed E-state index contributed by atoms with van der Waals surface area (Å²) in [4.78, 5) is 2.61. The lowest BCUT2D eigenvalue weighted by atomic mass is 9.79. The fourth-order valence-electron chi connectivity index (χ4n) is 3.12. The van der Waals surface area contributed by atoms with Crippen LogP contribution in [0.15, 0.2) is 0 Å². The van der Waals surface area contributed by atoms with E-state index in [4.69, 9.17) is 0 Å². The van der Waals surface area contributed by atoms with Crippen molar-refractivity contribution in [3.63, 3.8) is 0 Å². The van der Waals surface area contributed by atoms with E-state index in [0.29, 0.717) is 0 Å². The van der Waals surface area contributed by atoms with Gasteiger partial charge in [-0.1, -0.05) is 13.3 Å². The minimum atomic E-state index is 0.838. The van der Waals surface area contributed by atoms with Crippen LogP contribution >= 0.6 is 0 Å². The molecule has 1 nitrogen and oxygen atoms in total. The van der Waals surface area contributed by atoms with Crippen LogP contribution in [0.2, 0.25) is 0 Å². The summed E-state index contributed by atoms with van der Waals surface area (Å²) in [7, 11) is 2.31. The van der Waals surface area contributed by atoms with E-state index in [1.807, 2.05) is 0 Å². The second-order valence-electron chi connectivity index (χ2n) is 5.00. The van der Waals surface area contributed by atoms with Crippen LogP contribution in [0.5, 0.6) is 0 Å². The van der Waals surface area contributed by atoms with E-state index in [0.717, 1.165) is 23.9 Å². The van der Waals surface area contributed by atoms with Gasteiger partial charge in [0.2, 0.25) is 0 Å². The van der Waals surface area contributed by atoms with Crippen LogP contribution in [0.4, 0.5) is 0 Å². The molecule has 2 fully saturated rings. The van der Waals surface area contributed by atoms with Crippen LogP contribution in [0.25, 0.3) is 0 Å². The standard InChI is InChI=1S/C11H21N/c1-8-4-5-10-7-9(2)12(3)11(10)6-8/h8-11H,4-7H2,1-3H3. The van der Waals surface area contributed by atoms with Crippen LogP contribution in [-0.2, 0) is 0 Å². The highest BCUT2D eigenvalue weighted by Gasteiger charge is 2.39. The predicted octanol–water partition coefficient (Wildman–Crippen LogP) is 2.52. The second-order valence-corrected chi connectivity index (χ2v) is 5.00. The first-order chi connectivity index (χ1) is 5.68. The molecule has 0 radical (unpaired) electrons. The Hall–Kier alpha value is -0.0400. The van der Waals surface area contributed by atoms with Gasteiger partial charge < -0.3 is 4.90 Å². The Kier molecular flexibility index (Phi) is 2.16. The van der Waals surface area contributed by atoms with Crippen molar-refractivity contribution in [3.05, 3.63) is 0 Å². The number of likely N-dealkylation sites (tertiary alicyclic amines) is 1. The minimum absolute atomic E-state index is 0.838. The predicted molar refractivity (Wildman–Crippen MR) is 52.1 cm³/mol. The minimum Gasteiger partial charge on any atom is -0.300 e. The molecule has 1 saturated heterocycles. The summed E-state index contributed by atoms with van der Waals surface area (Å²) in [5, 5.41) is 0. The van der Waals surface area contributed by atoms with Crippen LogP contribution in [0.1, 0.15) is 39.5 Å². The molecular weight excluding hydrogens is 146 g/mol. The quantitative estimate of drug-likeness (QED) is 0.536. The van der Waals surface area contributed by atoms with Crippen molar-refractivity contribution in [2.24, 2.45) is 11.8 Å². The summed E-state index contributed by atoms with van der Waals surface area (Å²) in [5.74, 6) is 2.00. The highest BCUT2D eigenvalue weighted by Crippen LogP contribution is 2.40. The Balaban J connectivity index is 2.05. The molecule has 1 aliphatic carbocycles. The van der Waals surface area contributed by atoms with E-state index in [1.54, 1.807) is 0 Å². The Labute approximate surface area is 76.1 Å². The molecule has 0 aromatic rings. The van der Waals surface area contributed by atoms with Gasteiger partial charge in [-0.15, -0.1) is 0 Å². The van der Waals surface area contributed by atoms with Gasteiger partial charge in [-0.25, -0.2) is 0 Å². The zero-order valence-corrected chi connectivity index (χ0v) is 8.59. The van der Waals surface area contributed by atoms with Crippen LogP contribution in [0.3, 0.4) is 0 Å². The van der Waals surface area contributed by atoms with Gasteiger partial charge in [0.05, 0.1) is 0 Å². The van der Waals surface area contributed by atoms with E-state index in [2.05, 4.69) is 25.8 Å². The third-order valence-corrected chi connectivity index (χ3v) is 4.08. The van der Waals surface area contributed by atoms with E-state index >= 15 is 0 Å². The van der Waals surface area contributed by atoms with E-state index in [-0.39, 0.29) is 0 Å². The van der Waals surface area contributed by atoms with Crippen molar-refractivity contribution in [3.8, 4) is 0 Å². The molecule has 1 aliphatic heterocycles. The number of nitrogens with zero attached hydrogens (tertiary/aromatic N) is 1. The normalized spacial score (nSPS) is 49.2. The van der Waals surface area contributed by atoms with Crippen LogP contribution in [0, 0.1) is 11.8 Å². The third kappa shape index (κ3) is 1.28. The summed E-state index contributed by atoms with van der Waals surface area (Å²) < 4.78 is 0. The largest absolute Gasteiger partial charge is 0.300 e.